The Kier molecular flexibility index (Phi) is 3.36. The Morgan fingerprint density at radius 3 is 2.85 bits per heavy atom. The zero-order valence-corrected chi connectivity index (χ0v) is 8.46. The standard InChI is InChI=1S/C11H16O2/c1-8(2)6-10-7-9(10)4-5-11(12)13-3/h8-10H,6-7H2,1-3H3/t9-,10-/m1/s1. The van der Waals surface area contributed by atoms with Gasteiger partial charge in [-0.1, -0.05) is 19.8 Å². The van der Waals surface area contributed by atoms with Gasteiger partial charge in [0.1, 0.15) is 0 Å². The molecule has 0 unspecified atom stereocenters. The summed E-state index contributed by atoms with van der Waals surface area (Å²) in [5.41, 5.74) is 0. The first kappa shape index (κ1) is 10.1. The molecule has 0 aromatic carbocycles. The van der Waals surface area contributed by atoms with E-state index in [1.54, 1.807) is 0 Å². The molecule has 0 aromatic rings. The summed E-state index contributed by atoms with van der Waals surface area (Å²) in [6.45, 7) is 4.42. The molecule has 0 N–H and O–H groups in total. The zero-order valence-electron chi connectivity index (χ0n) is 8.46. The molecule has 0 amide bonds. The van der Waals surface area contributed by atoms with Crippen molar-refractivity contribution in [2.24, 2.45) is 17.8 Å². The summed E-state index contributed by atoms with van der Waals surface area (Å²) in [7, 11) is 1.36. The molecule has 1 fully saturated rings. The first-order valence-electron chi connectivity index (χ1n) is 4.73. The molecule has 2 heteroatoms. The van der Waals surface area contributed by atoms with Crippen molar-refractivity contribution in [2.45, 2.75) is 26.7 Å². The van der Waals surface area contributed by atoms with E-state index < -0.39 is 5.97 Å². The van der Waals surface area contributed by atoms with Crippen molar-refractivity contribution in [3.63, 3.8) is 0 Å². The number of esters is 1. The van der Waals surface area contributed by atoms with Crippen molar-refractivity contribution in [3.8, 4) is 11.8 Å². The van der Waals surface area contributed by atoms with Crippen molar-refractivity contribution >= 4 is 5.97 Å². The molecule has 0 bridgehead atoms. The van der Waals surface area contributed by atoms with Crippen molar-refractivity contribution in [1.29, 1.82) is 0 Å². The van der Waals surface area contributed by atoms with Crippen LogP contribution in [0.15, 0.2) is 0 Å². The van der Waals surface area contributed by atoms with Crippen LogP contribution < -0.4 is 0 Å². The maximum absolute atomic E-state index is 10.7. The molecule has 1 aliphatic rings. The highest BCUT2D eigenvalue weighted by molar-refractivity contribution is 5.88. The summed E-state index contributed by atoms with van der Waals surface area (Å²) < 4.78 is 4.43. The van der Waals surface area contributed by atoms with Crippen LogP contribution in [0.3, 0.4) is 0 Å². The number of carbonyl (C=O) groups is 1. The van der Waals surface area contributed by atoms with E-state index in [2.05, 4.69) is 30.4 Å². The van der Waals surface area contributed by atoms with Gasteiger partial charge in [0.25, 0.3) is 0 Å². The fourth-order valence-electron chi connectivity index (χ4n) is 1.49. The summed E-state index contributed by atoms with van der Waals surface area (Å²) >= 11 is 0. The molecule has 1 rings (SSSR count). The summed E-state index contributed by atoms with van der Waals surface area (Å²) in [6, 6.07) is 0. The average Bonchev–Trinajstić information content (AvgIpc) is 2.78. The number of methoxy groups -OCH3 is 1. The Labute approximate surface area is 79.7 Å². The molecule has 72 valence electrons. The average molecular weight is 180 g/mol. The van der Waals surface area contributed by atoms with Crippen molar-refractivity contribution in [2.75, 3.05) is 7.11 Å². The van der Waals surface area contributed by atoms with Gasteiger partial charge in [-0.3, -0.25) is 0 Å². The van der Waals surface area contributed by atoms with Crippen LogP contribution in [0.2, 0.25) is 0 Å². The highest BCUT2D eigenvalue weighted by Crippen LogP contribution is 2.42. The molecule has 13 heavy (non-hydrogen) atoms. The fraction of sp³-hybridized carbons (Fsp3) is 0.727. The molecule has 0 spiro atoms. The fourth-order valence-corrected chi connectivity index (χ4v) is 1.49. The highest BCUT2D eigenvalue weighted by atomic mass is 16.5. The lowest BCUT2D eigenvalue weighted by Crippen LogP contribution is -1.95. The van der Waals surface area contributed by atoms with E-state index in [-0.39, 0.29) is 0 Å². The Morgan fingerprint density at radius 2 is 2.31 bits per heavy atom. The smallest absolute Gasteiger partial charge is 0.384 e. The predicted octanol–water partition coefficient (Wildman–Crippen LogP) is 1.84. The van der Waals surface area contributed by atoms with Crippen molar-refractivity contribution in [1.82, 2.24) is 0 Å². The van der Waals surface area contributed by atoms with Crippen LogP contribution in [0.4, 0.5) is 0 Å². The number of hydrogen-bond donors (Lipinski definition) is 0. The molecule has 1 saturated carbocycles. The minimum absolute atomic E-state index is 0.421. The van der Waals surface area contributed by atoms with Crippen LogP contribution in [-0.2, 0) is 9.53 Å². The van der Waals surface area contributed by atoms with Crippen LogP contribution in [0.25, 0.3) is 0 Å². The summed E-state index contributed by atoms with van der Waals surface area (Å²) in [4.78, 5) is 10.7. The van der Waals surface area contributed by atoms with E-state index >= 15 is 0 Å². The van der Waals surface area contributed by atoms with Gasteiger partial charge >= 0.3 is 5.97 Å². The van der Waals surface area contributed by atoms with Crippen LogP contribution >= 0.6 is 0 Å². The second-order valence-electron chi connectivity index (χ2n) is 3.99. The first-order valence-corrected chi connectivity index (χ1v) is 4.73. The molecule has 2 nitrogen and oxygen atoms in total. The molecule has 2 atom stereocenters. The normalized spacial score (nSPS) is 24.9. The minimum Gasteiger partial charge on any atom is -0.459 e. The Morgan fingerprint density at radius 1 is 1.62 bits per heavy atom. The molecule has 0 saturated heterocycles. The summed E-state index contributed by atoms with van der Waals surface area (Å²) in [6.07, 6.45) is 2.38. The van der Waals surface area contributed by atoms with Gasteiger partial charge in [0, 0.05) is 11.8 Å². The summed E-state index contributed by atoms with van der Waals surface area (Å²) in [5.74, 6) is 6.90. The van der Waals surface area contributed by atoms with E-state index in [0.717, 1.165) is 18.3 Å². The van der Waals surface area contributed by atoms with Crippen molar-refractivity contribution < 1.29 is 9.53 Å². The molecule has 1 aliphatic carbocycles. The lowest BCUT2D eigenvalue weighted by atomic mass is 10.1. The van der Waals surface area contributed by atoms with Crippen molar-refractivity contribution in [3.05, 3.63) is 0 Å². The van der Waals surface area contributed by atoms with Gasteiger partial charge in [-0.05, 0) is 24.7 Å². The van der Waals surface area contributed by atoms with E-state index in [1.165, 1.54) is 13.5 Å². The molecule has 0 aromatic heterocycles. The van der Waals surface area contributed by atoms with E-state index in [1.807, 2.05) is 0 Å². The molecular formula is C11H16O2. The maximum Gasteiger partial charge on any atom is 0.384 e. The minimum atomic E-state index is -0.421. The second kappa shape index (κ2) is 4.32. The third-order valence-electron chi connectivity index (χ3n) is 2.24. The summed E-state index contributed by atoms with van der Waals surface area (Å²) in [5, 5.41) is 0. The maximum atomic E-state index is 10.7. The van der Waals surface area contributed by atoms with Gasteiger partial charge in [0.2, 0.25) is 0 Å². The third kappa shape index (κ3) is 3.50. The number of ether oxygens (including phenoxy) is 1. The van der Waals surface area contributed by atoms with E-state index in [9.17, 15) is 4.79 Å². The zero-order chi connectivity index (χ0) is 9.84. The lowest BCUT2D eigenvalue weighted by molar-refractivity contribution is -0.133. The van der Waals surface area contributed by atoms with E-state index in [4.69, 9.17) is 0 Å². The predicted molar refractivity (Wildman–Crippen MR) is 50.8 cm³/mol. The third-order valence-corrected chi connectivity index (χ3v) is 2.24. The molecular weight excluding hydrogens is 164 g/mol. The number of hydrogen-bond acceptors (Lipinski definition) is 2. The van der Waals surface area contributed by atoms with Crippen LogP contribution in [0.1, 0.15) is 26.7 Å². The molecule has 0 radical (unpaired) electrons. The topological polar surface area (TPSA) is 26.3 Å². The van der Waals surface area contributed by atoms with Crippen LogP contribution in [-0.4, -0.2) is 13.1 Å². The number of rotatable bonds is 2. The monoisotopic (exact) mass is 180 g/mol. The lowest BCUT2D eigenvalue weighted by Gasteiger charge is -1.99. The largest absolute Gasteiger partial charge is 0.459 e. The number of carbonyl (C=O) groups excluding carboxylic acids is 1. The van der Waals surface area contributed by atoms with Crippen LogP contribution in [0, 0.1) is 29.6 Å². The Hall–Kier alpha value is -0.970. The van der Waals surface area contributed by atoms with Gasteiger partial charge in [0.05, 0.1) is 7.11 Å². The van der Waals surface area contributed by atoms with Gasteiger partial charge < -0.3 is 4.74 Å². The quantitative estimate of drug-likeness (QED) is 0.368. The van der Waals surface area contributed by atoms with Gasteiger partial charge in [-0.2, -0.15) is 0 Å². The van der Waals surface area contributed by atoms with E-state index in [0.29, 0.717) is 5.92 Å². The Bertz CT molecular complexity index is 245. The second-order valence-corrected chi connectivity index (χ2v) is 3.99. The van der Waals surface area contributed by atoms with Crippen LogP contribution in [0.5, 0.6) is 0 Å². The molecule has 0 heterocycles. The van der Waals surface area contributed by atoms with Gasteiger partial charge in [-0.25, -0.2) is 4.79 Å². The highest BCUT2D eigenvalue weighted by Gasteiger charge is 2.35. The first-order chi connectivity index (χ1) is 6.13. The molecule has 0 aliphatic heterocycles. The SMILES string of the molecule is COC(=O)C#C[C@@H]1C[C@H]1CC(C)C. The van der Waals surface area contributed by atoms with Gasteiger partial charge in [-0.15, -0.1) is 0 Å². The Balaban J connectivity index is 2.26. The van der Waals surface area contributed by atoms with Gasteiger partial charge in [0.15, 0.2) is 0 Å².